The number of benzene rings is 2. The molecular formula is C19H21NO3. The van der Waals surface area contributed by atoms with Crippen LogP contribution in [0, 0.1) is 20.8 Å². The molecule has 0 spiro atoms. The minimum atomic E-state index is -0.337. The minimum absolute atomic E-state index is 0.337. The average molecular weight is 311 g/mol. The van der Waals surface area contributed by atoms with Gasteiger partial charge in [-0.05, 0) is 50.1 Å². The molecule has 0 atom stereocenters. The van der Waals surface area contributed by atoms with Crippen LogP contribution in [0.4, 0.5) is 11.4 Å². The Morgan fingerprint density at radius 2 is 1.83 bits per heavy atom. The summed E-state index contributed by atoms with van der Waals surface area (Å²) in [6, 6.07) is 9.79. The maximum Gasteiger partial charge on any atom is 0.337 e. The molecule has 3 rings (SSSR count). The lowest BCUT2D eigenvalue weighted by Crippen LogP contribution is -2.30. The molecule has 2 aromatic rings. The molecule has 0 N–H and O–H groups in total. The zero-order valence-corrected chi connectivity index (χ0v) is 14.0. The molecule has 0 saturated heterocycles. The van der Waals surface area contributed by atoms with E-state index in [1.807, 2.05) is 12.1 Å². The van der Waals surface area contributed by atoms with Gasteiger partial charge in [0.1, 0.15) is 12.4 Å². The highest BCUT2D eigenvalue weighted by Crippen LogP contribution is 2.40. The molecule has 23 heavy (non-hydrogen) atoms. The topological polar surface area (TPSA) is 38.8 Å². The average Bonchev–Trinajstić information content (AvgIpc) is 2.53. The molecular weight excluding hydrogens is 290 g/mol. The number of ether oxygens (including phenoxy) is 2. The molecule has 1 aliphatic rings. The van der Waals surface area contributed by atoms with E-state index in [4.69, 9.17) is 9.47 Å². The number of nitrogens with zero attached hydrogens (tertiary/aromatic N) is 1. The fourth-order valence-corrected chi connectivity index (χ4v) is 3.29. The molecule has 0 amide bonds. The number of aryl methyl sites for hydroxylation is 3. The Labute approximate surface area is 136 Å². The van der Waals surface area contributed by atoms with Gasteiger partial charge >= 0.3 is 5.97 Å². The third-order valence-corrected chi connectivity index (χ3v) is 4.15. The summed E-state index contributed by atoms with van der Waals surface area (Å²) in [7, 11) is 1.39. The van der Waals surface area contributed by atoms with Gasteiger partial charge in [0.05, 0.1) is 24.9 Å². The van der Waals surface area contributed by atoms with Gasteiger partial charge in [-0.15, -0.1) is 0 Å². The highest BCUT2D eigenvalue weighted by Gasteiger charge is 2.23. The van der Waals surface area contributed by atoms with Crippen LogP contribution in [-0.2, 0) is 4.74 Å². The van der Waals surface area contributed by atoms with E-state index in [0.29, 0.717) is 12.2 Å². The standard InChI is InChI=1S/C19H21NO3/c1-12-9-13(2)18(14(3)10-12)20-7-8-23-17-6-5-15(11-16(17)20)19(21)22-4/h5-6,9-11H,7-8H2,1-4H3. The summed E-state index contributed by atoms with van der Waals surface area (Å²) in [5.74, 6) is 0.457. The second-order valence-corrected chi connectivity index (χ2v) is 5.92. The van der Waals surface area contributed by atoms with E-state index in [1.54, 1.807) is 6.07 Å². The number of carbonyl (C=O) groups is 1. The van der Waals surface area contributed by atoms with Crippen LogP contribution in [0.1, 0.15) is 27.0 Å². The number of methoxy groups -OCH3 is 1. The van der Waals surface area contributed by atoms with Crippen LogP contribution in [0.3, 0.4) is 0 Å². The van der Waals surface area contributed by atoms with Gasteiger partial charge < -0.3 is 14.4 Å². The van der Waals surface area contributed by atoms with E-state index in [2.05, 4.69) is 37.8 Å². The maximum atomic E-state index is 11.8. The molecule has 0 unspecified atom stereocenters. The summed E-state index contributed by atoms with van der Waals surface area (Å²) in [4.78, 5) is 14.1. The summed E-state index contributed by atoms with van der Waals surface area (Å²) >= 11 is 0. The van der Waals surface area contributed by atoms with Crippen molar-refractivity contribution in [2.24, 2.45) is 0 Å². The van der Waals surface area contributed by atoms with Crippen LogP contribution >= 0.6 is 0 Å². The van der Waals surface area contributed by atoms with Crippen LogP contribution in [-0.4, -0.2) is 26.2 Å². The summed E-state index contributed by atoms with van der Waals surface area (Å²) in [6.45, 7) is 7.72. The quantitative estimate of drug-likeness (QED) is 0.788. The van der Waals surface area contributed by atoms with Gasteiger partial charge in [0.2, 0.25) is 0 Å². The molecule has 0 aliphatic carbocycles. The van der Waals surface area contributed by atoms with Crippen molar-refractivity contribution in [2.75, 3.05) is 25.2 Å². The predicted octanol–water partition coefficient (Wildman–Crippen LogP) is 3.93. The molecule has 0 aromatic heterocycles. The number of esters is 1. The molecule has 0 radical (unpaired) electrons. The van der Waals surface area contributed by atoms with Gasteiger partial charge in [0.25, 0.3) is 0 Å². The minimum Gasteiger partial charge on any atom is -0.490 e. The molecule has 0 saturated carbocycles. The fourth-order valence-electron chi connectivity index (χ4n) is 3.29. The van der Waals surface area contributed by atoms with Gasteiger partial charge in [0.15, 0.2) is 0 Å². The molecule has 0 fully saturated rings. The van der Waals surface area contributed by atoms with Crippen molar-refractivity contribution in [1.29, 1.82) is 0 Å². The molecule has 0 bridgehead atoms. The Morgan fingerprint density at radius 3 is 2.48 bits per heavy atom. The summed E-state index contributed by atoms with van der Waals surface area (Å²) in [6.07, 6.45) is 0. The zero-order chi connectivity index (χ0) is 16.6. The first kappa shape index (κ1) is 15.4. The summed E-state index contributed by atoms with van der Waals surface area (Å²) < 4.78 is 10.6. The predicted molar refractivity (Wildman–Crippen MR) is 90.9 cm³/mol. The third-order valence-electron chi connectivity index (χ3n) is 4.15. The van der Waals surface area contributed by atoms with E-state index >= 15 is 0 Å². The van der Waals surface area contributed by atoms with Crippen molar-refractivity contribution in [2.45, 2.75) is 20.8 Å². The second kappa shape index (κ2) is 5.95. The lowest BCUT2D eigenvalue weighted by molar-refractivity contribution is 0.0600. The van der Waals surface area contributed by atoms with E-state index in [1.165, 1.54) is 29.5 Å². The largest absolute Gasteiger partial charge is 0.490 e. The lowest BCUT2D eigenvalue weighted by Gasteiger charge is -2.34. The maximum absolute atomic E-state index is 11.8. The van der Waals surface area contributed by atoms with Gasteiger partial charge in [-0.1, -0.05) is 17.7 Å². The first-order valence-corrected chi connectivity index (χ1v) is 7.72. The Morgan fingerprint density at radius 1 is 1.13 bits per heavy atom. The Kier molecular flexibility index (Phi) is 3.99. The summed E-state index contributed by atoms with van der Waals surface area (Å²) in [5.41, 5.74) is 6.32. The van der Waals surface area contributed by atoms with Gasteiger partial charge in [0, 0.05) is 5.69 Å². The highest BCUT2D eigenvalue weighted by molar-refractivity contribution is 5.92. The molecule has 4 nitrogen and oxygen atoms in total. The smallest absolute Gasteiger partial charge is 0.337 e. The molecule has 2 aromatic carbocycles. The van der Waals surface area contributed by atoms with Crippen molar-refractivity contribution in [3.8, 4) is 5.75 Å². The van der Waals surface area contributed by atoms with Crippen molar-refractivity contribution in [1.82, 2.24) is 0 Å². The van der Waals surface area contributed by atoms with Crippen LogP contribution < -0.4 is 9.64 Å². The fraction of sp³-hybridized carbons (Fsp3) is 0.316. The van der Waals surface area contributed by atoms with Crippen LogP contribution in [0.25, 0.3) is 0 Å². The first-order chi connectivity index (χ1) is 11.0. The Balaban J connectivity index is 2.13. The van der Waals surface area contributed by atoms with Gasteiger partial charge in [-0.3, -0.25) is 0 Å². The normalized spacial score (nSPS) is 13.3. The van der Waals surface area contributed by atoms with E-state index in [9.17, 15) is 4.79 Å². The van der Waals surface area contributed by atoms with Crippen LogP contribution in [0.2, 0.25) is 0 Å². The summed E-state index contributed by atoms with van der Waals surface area (Å²) in [5, 5.41) is 0. The Hall–Kier alpha value is -2.49. The molecule has 1 heterocycles. The first-order valence-electron chi connectivity index (χ1n) is 7.72. The highest BCUT2D eigenvalue weighted by atomic mass is 16.5. The number of hydrogen-bond donors (Lipinski definition) is 0. The van der Waals surface area contributed by atoms with Gasteiger partial charge in [-0.25, -0.2) is 4.79 Å². The molecule has 1 aliphatic heterocycles. The molecule has 4 heteroatoms. The number of fused-ring (bicyclic) bond motifs is 1. The number of carbonyl (C=O) groups excluding carboxylic acids is 1. The van der Waals surface area contributed by atoms with Crippen molar-refractivity contribution < 1.29 is 14.3 Å². The van der Waals surface area contributed by atoms with Crippen molar-refractivity contribution in [3.05, 3.63) is 52.6 Å². The van der Waals surface area contributed by atoms with E-state index in [-0.39, 0.29) is 5.97 Å². The van der Waals surface area contributed by atoms with E-state index < -0.39 is 0 Å². The van der Waals surface area contributed by atoms with Crippen molar-refractivity contribution >= 4 is 17.3 Å². The Bertz CT molecular complexity index is 744. The number of rotatable bonds is 2. The third kappa shape index (κ3) is 2.77. The molecule has 120 valence electrons. The second-order valence-electron chi connectivity index (χ2n) is 5.92. The van der Waals surface area contributed by atoms with Crippen LogP contribution in [0.15, 0.2) is 30.3 Å². The number of anilines is 2. The van der Waals surface area contributed by atoms with E-state index in [0.717, 1.165) is 18.0 Å². The number of hydrogen-bond acceptors (Lipinski definition) is 4. The lowest BCUT2D eigenvalue weighted by atomic mass is 10.0. The van der Waals surface area contributed by atoms with Gasteiger partial charge in [-0.2, -0.15) is 0 Å². The van der Waals surface area contributed by atoms with Crippen molar-refractivity contribution in [3.63, 3.8) is 0 Å². The van der Waals surface area contributed by atoms with Crippen LogP contribution in [0.5, 0.6) is 5.75 Å². The monoisotopic (exact) mass is 311 g/mol. The zero-order valence-electron chi connectivity index (χ0n) is 14.0. The SMILES string of the molecule is COC(=O)c1ccc2c(c1)N(c1c(C)cc(C)cc1C)CCO2.